The summed E-state index contributed by atoms with van der Waals surface area (Å²) in [6.07, 6.45) is 0.856. The lowest BCUT2D eigenvalue weighted by Crippen LogP contribution is -2.02. The van der Waals surface area contributed by atoms with Gasteiger partial charge in [0.2, 0.25) is 0 Å². The van der Waals surface area contributed by atoms with Gasteiger partial charge in [0.05, 0.1) is 0 Å². The van der Waals surface area contributed by atoms with E-state index in [9.17, 15) is 4.79 Å². The summed E-state index contributed by atoms with van der Waals surface area (Å²) < 4.78 is 5.74. The molecular weight excluding hydrogens is 260 g/mol. The molecule has 0 aliphatic carbocycles. The van der Waals surface area contributed by atoms with Gasteiger partial charge in [0.15, 0.2) is 5.78 Å². The van der Waals surface area contributed by atoms with E-state index in [4.69, 9.17) is 4.42 Å². The van der Waals surface area contributed by atoms with Crippen molar-refractivity contribution in [1.82, 2.24) is 0 Å². The Labute approximate surface area is 124 Å². The predicted molar refractivity (Wildman–Crippen MR) is 84.9 cm³/mol. The van der Waals surface area contributed by atoms with E-state index in [0.29, 0.717) is 5.56 Å². The molecule has 2 aromatic carbocycles. The minimum absolute atomic E-state index is 0.0400. The Morgan fingerprint density at radius 3 is 2.33 bits per heavy atom. The molecule has 0 bridgehead atoms. The first-order valence-corrected chi connectivity index (χ1v) is 7.22. The van der Waals surface area contributed by atoms with E-state index < -0.39 is 0 Å². The number of hydrogen-bond donors (Lipinski definition) is 0. The van der Waals surface area contributed by atoms with Gasteiger partial charge in [0.25, 0.3) is 0 Å². The van der Waals surface area contributed by atoms with E-state index in [1.54, 1.807) is 0 Å². The molecule has 1 aromatic heterocycles. The number of carbonyl (C=O) groups is 1. The van der Waals surface area contributed by atoms with Crippen molar-refractivity contribution in [2.24, 2.45) is 0 Å². The molecule has 2 nitrogen and oxygen atoms in total. The minimum Gasteiger partial charge on any atom is -0.461 e. The number of fused-ring (bicyclic) bond motifs is 1. The van der Waals surface area contributed by atoms with E-state index in [1.165, 1.54) is 0 Å². The second-order valence-corrected chi connectivity index (χ2v) is 5.52. The van der Waals surface area contributed by atoms with E-state index in [2.05, 4.69) is 13.0 Å². The van der Waals surface area contributed by atoms with Crippen LogP contribution >= 0.6 is 0 Å². The van der Waals surface area contributed by atoms with Crippen molar-refractivity contribution in [3.63, 3.8) is 0 Å². The van der Waals surface area contributed by atoms with Crippen molar-refractivity contribution in [1.29, 1.82) is 0 Å². The van der Waals surface area contributed by atoms with Crippen LogP contribution in [0.25, 0.3) is 11.0 Å². The van der Waals surface area contributed by atoms with Crippen LogP contribution in [0.3, 0.4) is 0 Å². The van der Waals surface area contributed by atoms with Crippen LogP contribution in [-0.2, 0) is 6.42 Å². The number of hydrogen-bond acceptors (Lipinski definition) is 2. The topological polar surface area (TPSA) is 30.2 Å². The van der Waals surface area contributed by atoms with Crippen molar-refractivity contribution in [3.8, 4) is 0 Å². The Hall–Kier alpha value is -2.35. The second-order valence-electron chi connectivity index (χ2n) is 5.52. The summed E-state index contributed by atoms with van der Waals surface area (Å²) in [6.45, 7) is 6.07. The first-order chi connectivity index (χ1) is 10.1. The molecule has 21 heavy (non-hydrogen) atoms. The molecule has 0 unspecified atom stereocenters. The highest BCUT2D eigenvalue weighted by atomic mass is 16.3. The summed E-state index contributed by atoms with van der Waals surface area (Å²) >= 11 is 0. The summed E-state index contributed by atoms with van der Waals surface area (Å²) in [4.78, 5) is 12.6. The van der Waals surface area contributed by atoms with E-state index >= 15 is 0 Å². The van der Waals surface area contributed by atoms with Crippen molar-refractivity contribution in [2.75, 3.05) is 0 Å². The molecule has 0 saturated heterocycles. The lowest BCUT2D eigenvalue weighted by molar-refractivity contribution is 0.103. The van der Waals surface area contributed by atoms with Crippen LogP contribution in [-0.4, -0.2) is 5.78 Å². The third-order valence-corrected chi connectivity index (χ3v) is 3.67. The van der Waals surface area contributed by atoms with Crippen LogP contribution in [0.1, 0.15) is 39.7 Å². The molecule has 0 amide bonds. The lowest BCUT2D eigenvalue weighted by atomic mass is 9.99. The summed E-state index contributed by atoms with van der Waals surface area (Å²) in [6, 6.07) is 13.6. The van der Waals surface area contributed by atoms with Gasteiger partial charge in [-0.3, -0.25) is 4.79 Å². The molecular formula is C19H18O2. The number of rotatable bonds is 3. The first kappa shape index (κ1) is 13.6. The lowest BCUT2D eigenvalue weighted by Gasteiger charge is -2.04. The largest absolute Gasteiger partial charge is 0.461 e. The van der Waals surface area contributed by atoms with E-state index in [0.717, 1.165) is 39.8 Å². The molecule has 0 radical (unpaired) electrons. The van der Waals surface area contributed by atoms with Gasteiger partial charge in [0, 0.05) is 22.9 Å². The summed E-state index contributed by atoms with van der Waals surface area (Å²) in [5, 5.41) is 1.05. The molecule has 0 fully saturated rings. The van der Waals surface area contributed by atoms with Crippen LogP contribution < -0.4 is 0 Å². The summed E-state index contributed by atoms with van der Waals surface area (Å²) in [5.41, 5.74) is 4.39. The Morgan fingerprint density at radius 2 is 1.67 bits per heavy atom. The fourth-order valence-electron chi connectivity index (χ4n) is 2.67. The Balaban J connectivity index is 2.04. The Bertz CT molecular complexity index is 804. The highest BCUT2D eigenvalue weighted by Crippen LogP contribution is 2.23. The molecule has 0 aliphatic rings. The van der Waals surface area contributed by atoms with Gasteiger partial charge >= 0.3 is 0 Å². The quantitative estimate of drug-likeness (QED) is 0.641. The zero-order valence-electron chi connectivity index (χ0n) is 12.6. The van der Waals surface area contributed by atoms with E-state index in [-0.39, 0.29) is 5.78 Å². The maximum absolute atomic E-state index is 12.6. The fraction of sp³-hybridized carbons (Fsp3) is 0.211. The zero-order chi connectivity index (χ0) is 15.0. The molecule has 0 saturated carbocycles. The molecule has 106 valence electrons. The fourth-order valence-corrected chi connectivity index (χ4v) is 2.67. The highest BCUT2D eigenvalue weighted by molar-refractivity contribution is 6.10. The maximum Gasteiger partial charge on any atom is 0.193 e. The van der Waals surface area contributed by atoms with Gasteiger partial charge in [-0.05, 0) is 38.1 Å². The molecule has 0 atom stereocenters. The van der Waals surface area contributed by atoms with Crippen molar-refractivity contribution < 1.29 is 9.21 Å². The van der Waals surface area contributed by atoms with Gasteiger partial charge in [-0.25, -0.2) is 0 Å². The van der Waals surface area contributed by atoms with Crippen LogP contribution in [0.4, 0.5) is 0 Å². The molecule has 0 N–H and O–H groups in total. The number of benzene rings is 2. The Morgan fingerprint density at radius 1 is 0.952 bits per heavy atom. The van der Waals surface area contributed by atoms with Crippen molar-refractivity contribution >= 4 is 16.8 Å². The monoisotopic (exact) mass is 278 g/mol. The third kappa shape index (κ3) is 2.62. The molecule has 1 heterocycles. The smallest absolute Gasteiger partial charge is 0.193 e. The third-order valence-electron chi connectivity index (χ3n) is 3.67. The van der Waals surface area contributed by atoms with Crippen molar-refractivity contribution in [2.45, 2.75) is 27.2 Å². The zero-order valence-corrected chi connectivity index (χ0v) is 12.6. The van der Waals surface area contributed by atoms with E-state index in [1.807, 2.05) is 50.2 Å². The van der Waals surface area contributed by atoms with Crippen LogP contribution in [0, 0.1) is 13.8 Å². The van der Waals surface area contributed by atoms with Crippen LogP contribution in [0.5, 0.6) is 0 Å². The minimum atomic E-state index is 0.0400. The molecule has 0 aliphatic heterocycles. The first-order valence-electron chi connectivity index (χ1n) is 7.22. The van der Waals surface area contributed by atoms with Gasteiger partial charge < -0.3 is 4.42 Å². The van der Waals surface area contributed by atoms with Gasteiger partial charge in [-0.15, -0.1) is 0 Å². The number of furan rings is 1. The number of ketones is 1. The maximum atomic E-state index is 12.6. The van der Waals surface area contributed by atoms with Gasteiger partial charge in [-0.2, -0.15) is 0 Å². The summed E-state index contributed by atoms with van der Waals surface area (Å²) in [7, 11) is 0. The average Bonchev–Trinajstić information content (AvgIpc) is 2.87. The highest BCUT2D eigenvalue weighted by Gasteiger charge is 2.12. The van der Waals surface area contributed by atoms with Crippen LogP contribution in [0.15, 0.2) is 46.9 Å². The van der Waals surface area contributed by atoms with Gasteiger partial charge in [-0.1, -0.05) is 36.2 Å². The second kappa shape index (κ2) is 5.21. The normalized spacial score (nSPS) is 11.0. The average molecular weight is 278 g/mol. The number of aryl methyl sites for hydroxylation is 3. The molecule has 3 rings (SSSR count). The predicted octanol–water partition coefficient (Wildman–Crippen LogP) is 4.84. The molecule has 0 spiro atoms. The van der Waals surface area contributed by atoms with Crippen molar-refractivity contribution in [3.05, 3.63) is 70.5 Å². The summed E-state index contributed by atoms with van der Waals surface area (Å²) in [5.74, 6) is 0.985. The number of carbonyl (C=O) groups excluding carboxylic acids is 1. The Kier molecular flexibility index (Phi) is 3.38. The SMILES string of the molecule is CCc1cc2ccc(C(=O)c3cc(C)cc(C)c3)cc2o1. The standard InChI is InChI=1S/C19H18O2/c1-4-17-10-14-5-6-15(11-18(14)21-17)19(20)16-8-12(2)7-13(3)9-16/h5-11H,4H2,1-3H3. The molecule has 3 aromatic rings. The van der Waals surface area contributed by atoms with Gasteiger partial charge in [0.1, 0.15) is 11.3 Å². The van der Waals surface area contributed by atoms with Crippen LogP contribution in [0.2, 0.25) is 0 Å². The molecule has 2 heteroatoms.